The van der Waals surface area contributed by atoms with Gasteiger partial charge < -0.3 is 0 Å². The molecule has 1 aliphatic heterocycles. The Hall–Kier alpha value is -1.91. The standard InChI is InChI=1S/C16H11ClO3S/c17-13-5-3-4-11(9-13)8-12-10-21(19,20)15-7-2-1-6-14(15)16(12)18/h1-9H,10H2/b12-8+. The van der Waals surface area contributed by atoms with Gasteiger partial charge in [-0.1, -0.05) is 35.9 Å². The molecule has 0 fully saturated rings. The molecule has 0 amide bonds. The third-order valence-electron chi connectivity index (χ3n) is 3.29. The van der Waals surface area contributed by atoms with Gasteiger partial charge in [0, 0.05) is 16.2 Å². The van der Waals surface area contributed by atoms with Crippen LogP contribution in [0.4, 0.5) is 0 Å². The summed E-state index contributed by atoms with van der Waals surface area (Å²) in [5.41, 5.74) is 1.20. The van der Waals surface area contributed by atoms with E-state index in [-0.39, 0.29) is 27.6 Å². The van der Waals surface area contributed by atoms with Crippen molar-refractivity contribution in [3.8, 4) is 0 Å². The summed E-state index contributed by atoms with van der Waals surface area (Å²) in [4.78, 5) is 12.5. The summed E-state index contributed by atoms with van der Waals surface area (Å²) in [6.45, 7) is 0. The number of hydrogen-bond donors (Lipinski definition) is 0. The monoisotopic (exact) mass is 318 g/mol. The SMILES string of the molecule is O=C1/C(=C/c2cccc(Cl)c2)CS(=O)(=O)c2ccccc21. The van der Waals surface area contributed by atoms with Gasteiger partial charge in [0.2, 0.25) is 0 Å². The molecule has 3 nitrogen and oxygen atoms in total. The average molecular weight is 319 g/mol. The first-order valence-electron chi connectivity index (χ1n) is 6.30. The number of sulfone groups is 1. The van der Waals surface area contributed by atoms with Crippen molar-refractivity contribution < 1.29 is 13.2 Å². The third kappa shape index (κ3) is 2.64. The second-order valence-electron chi connectivity index (χ2n) is 4.81. The van der Waals surface area contributed by atoms with Gasteiger partial charge in [0.05, 0.1) is 10.6 Å². The molecule has 0 bridgehead atoms. The first kappa shape index (κ1) is 14.0. The molecule has 21 heavy (non-hydrogen) atoms. The van der Waals surface area contributed by atoms with E-state index in [1.165, 1.54) is 6.07 Å². The molecule has 1 aliphatic rings. The Bertz CT molecular complexity index is 867. The van der Waals surface area contributed by atoms with E-state index in [1.807, 2.05) is 0 Å². The molecule has 0 saturated heterocycles. The predicted molar refractivity (Wildman–Crippen MR) is 82.3 cm³/mol. The van der Waals surface area contributed by atoms with Gasteiger partial charge in [0.1, 0.15) is 0 Å². The Morgan fingerprint density at radius 2 is 1.81 bits per heavy atom. The minimum Gasteiger partial charge on any atom is -0.289 e. The lowest BCUT2D eigenvalue weighted by Crippen LogP contribution is -2.24. The molecule has 0 unspecified atom stereocenters. The third-order valence-corrected chi connectivity index (χ3v) is 5.25. The Morgan fingerprint density at radius 1 is 1.05 bits per heavy atom. The Balaban J connectivity index is 2.13. The fourth-order valence-electron chi connectivity index (χ4n) is 2.35. The highest BCUT2D eigenvalue weighted by molar-refractivity contribution is 7.91. The van der Waals surface area contributed by atoms with Crippen molar-refractivity contribution in [3.05, 3.63) is 70.3 Å². The second kappa shape index (κ2) is 5.13. The average Bonchev–Trinajstić information content (AvgIpc) is 2.44. The van der Waals surface area contributed by atoms with Gasteiger partial charge >= 0.3 is 0 Å². The van der Waals surface area contributed by atoms with E-state index in [9.17, 15) is 13.2 Å². The molecule has 0 spiro atoms. The van der Waals surface area contributed by atoms with Crippen molar-refractivity contribution in [3.63, 3.8) is 0 Å². The summed E-state index contributed by atoms with van der Waals surface area (Å²) < 4.78 is 24.5. The maximum absolute atomic E-state index is 12.4. The minimum absolute atomic E-state index is 0.109. The number of hydrogen-bond acceptors (Lipinski definition) is 3. The van der Waals surface area contributed by atoms with Gasteiger partial charge in [0.25, 0.3) is 0 Å². The number of carbonyl (C=O) groups excluding carboxylic acids is 1. The van der Waals surface area contributed by atoms with Gasteiger partial charge in [-0.05, 0) is 35.9 Å². The molecule has 0 aromatic heterocycles. The maximum Gasteiger partial charge on any atom is 0.191 e. The van der Waals surface area contributed by atoms with Crippen LogP contribution in [0.5, 0.6) is 0 Å². The van der Waals surface area contributed by atoms with Crippen molar-refractivity contribution in [2.45, 2.75) is 4.90 Å². The van der Waals surface area contributed by atoms with Crippen molar-refractivity contribution in [2.75, 3.05) is 5.75 Å². The quantitative estimate of drug-likeness (QED) is 0.757. The van der Waals surface area contributed by atoms with E-state index in [1.54, 1.807) is 48.5 Å². The zero-order valence-corrected chi connectivity index (χ0v) is 12.5. The van der Waals surface area contributed by atoms with Crippen LogP contribution in [-0.2, 0) is 9.84 Å². The first-order chi connectivity index (χ1) is 9.97. The van der Waals surface area contributed by atoms with Gasteiger partial charge in [-0.3, -0.25) is 4.79 Å². The zero-order chi connectivity index (χ0) is 15.0. The summed E-state index contributed by atoms with van der Waals surface area (Å²) in [6.07, 6.45) is 1.59. The van der Waals surface area contributed by atoms with Gasteiger partial charge in [-0.15, -0.1) is 0 Å². The van der Waals surface area contributed by atoms with Crippen molar-refractivity contribution in [1.82, 2.24) is 0 Å². The molecule has 2 aromatic carbocycles. The van der Waals surface area contributed by atoms with Crippen LogP contribution in [0, 0.1) is 0 Å². The van der Waals surface area contributed by atoms with Crippen LogP contribution in [0.15, 0.2) is 59.0 Å². The van der Waals surface area contributed by atoms with Crippen LogP contribution in [0.25, 0.3) is 6.08 Å². The van der Waals surface area contributed by atoms with E-state index in [4.69, 9.17) is 11.6 Å². The highest BCUT2D eigenvalue weighted by Crippen LogP contribution is 2.29. The van der Waals surface area contributed by atoms with Gasteiger partial charge in [-0.25, -0.2) is 8.42 Å². The summed E-state index contributed by atoms with van der Waals surface area (Å²) in [6, 6.07) is 13.2. The molecule has 5 heteroatoms. The van der Waals surface area contributed by atoms with E-state index in [0.29, 0.717) is 10.6 Å². The van der Waals surface area contributed by atoms with Crippen molar-refractivity contribution >= 4 is 33.3 Å². The highest BCUT2D eigenvalue weighted by Gasteiger charge is 2.32. The van der Waals surface area contributed by atoms with Crippen LogP contribution < -0.4 is 0 Å². The molecule has 3 rings (SSSR count). The molecule has 0 N–H and O–H groups in total. The lowest BCUT2D eigenvalue weighted by Gasteiger charge is -2.17. The molecular weight excluding hydrogens is 308 g/mol. The van der Waals surface area contributed by atoms with Crippen LogP contribution in [0.1, 0.15) is 15.9 Å². The summed E-state index contributed by atoms with van der Waals surface area (Å²) >= 11 is 5.90. The number of benzene rings is 2. The van der Waals surface area contributed by atoms with Crippen molar-refractivity contribution in [1.29, 1.82) is 0 Å². The van der Waals surface area contributed by atoms with Crippen molar-refractivity contribution in [2.24, 2.45) is 0 Å². The molecule has 1 heterocycles. The molecular formula is C16H11ClO3S. The number of ketones is 1. The fourth-order valence-corrected chi connectivity index (χ4v) is 4.11. The zero-order valence-electron chi connectivity index (χ0n) is 10.9. The molecule has 0 aliphatic carbocycles. The Kier molecular flexibility index (Phi) is 3.43. The predicted octanol–water partition coefficient (Wildman–Crippen LogP) is 3.39. The van der Waals surface area contributed by atoms with E-state index in [2.05, 4.69) is 0 Å². The highest BCUT2D eigenvalue weighted by atomic mass is 35.5. The van der Waals surface area contributed by atoms with Gasteiger partial charge in [-0.2, -0.15) is 0 Å². The lowest BCUT2D eigenvalue weighted by atomic mass is 10.0. The van der Waals surface area contributed by atoms with Crippen LogP contribution in [-0.4, -0.2) is 20.0 Å². The number of fused-ring (bicyclic) bond motifs is 1. The lowest BCUT2D eigenvalue weighted by molar-refractivity contribution is 0.103. The number of halogens is 1. The second-order valence-corrected chi connectivity index (χ2v) is 7.20. The maximum atomic E-state index is 12.4. The van der Waals surface area contributed by atoms with Gasteiger partial charge in [0.15, 0.2) is 15.6 Å². The number of Topliss-reactive ketones (excluding diaryl/α,β-unsaturated/α-hetero) is 1. The largest absolute Gasteiger partial charge is 0.289 e. The first-order valence-corrected chi connectivity index (χ1v) is 8.33. The molecule has 106 valence electrons. The van der Waals surface area contributed by atoms with Crippen LogP contribution in [0.2, 0.25) is 5.02 Å². The smallest absolute Gasteiger partial charge is 0.191 e. The number of carbonyl (C=O) groups is 1. The minimum atomic E-state index is -3.48. The Morgan fingerprint density at radius 3 is 2.57 bits per heavy atom. The fraction of sp³-hybridized carbons (Fsp3) is 0.0625. The molecule has 0 saturated carbocycles. The summed E-state index contributed by atoms with van der Waals surface area (Å²) in [5, 5.41) is 0.538. The summed E-state index contributed by atoms with van der Waals surface area (Å²) in [7, 11) is -3.48. The Labute approximate surface area is 127 Å². The number of rotatable bonds is 1. The van der Waals surface area contributed by atoms with Crippen LogP contribution >= 0.6 is 11.6 Å². The molecule has 0 atom stereocenters. The van der Waals surface area contributed by atoms with E-state index < -0.39 is 9.84 Å². The van der Waals surface area contributed by atoms with E-state index >= 15 is 0 Å². The van der Waals surface area contributed by atoms with E-state index in [0.717, 1.165) is 0 Å². The molecule has 2 aromatic rings. The molecule has 0 radical (unpaired) electrons. The van der Waals surface area contributed by atoms with Crippen LogP contribution in [0.3, 0.4) is 0 Å². The topological polar surface area (TPSA) is 51.2 Å². The summed E-state index contributed by atoms with van der Waals surface area (Å²) in [5.74, 6) is -0.532. The normalized spacial score (nSPS) is 18.5.